The molecular formula is C64H95N7O12SSi2. The molecule has 22 heteroatoms. The Morgan fingerprint density at radius 2 is 1.60 bits per heavy atom. The number of hydrogen-bond donors (Lipinski definition) is 5. The molecule has 472 valence electrons. The molecule has 86 heavy (non-hydrogen) atoms. The van der Waals surface area contributed by atoms with Crippen LogP contribution in [0.25, 0.3) is 10.9 Å². The summed E-state index contributed by atoms with van der Waals surface area (Å²) in [6.45, 7) is 22.7. The fourth-order valence-electron chi connectivity index (χ4n) is 16.3. The number of aliphatic hydroxyl groups is 3. The summed E-state index contributed by atoms with van der Waals surface area (Å²) in [4.78, 5) is 50.9. The molecule has 19 nitrogen and oxygen atoms in total. The molecule has 7 heterocycles. The van der Waals surface area contributed by atoms with Gasteiger partial charge in [0.1, 0.15) is 17.3 Å². The van der Waals surface area contributed by atoms with E-state index in [1.807, 2.05) is 50.9 Å². The van der Waals surface area contributed by atoms with Crippen molar-refractivity contribution in [2.45, 2.75) is 150 Å². The van der Waals surface area contributed by atoms with Crippen molar-refractivity contribution in [3.05, 3.63) is 88.9 Å². The third-order valence-corrected chi connectivity index (χ3v) is 29.6. The maximum absolute atomic E-state index is 15.6. The van der Waals surface area contributed by atoms with Crippen LogP contribution in [0.15, 0.2) is 66.1 Å². The normalized spacial score (nSPS) is 29.6. The van der Waals surface area contributed by atoms with E-state index in [1.165, 1.54) is 7.11 Å². The Morgan fingerprint density at radius 1 is 0.884 bits per heavy atom. The van der Waals surface area contributed by atoms with Crippen LogP contribution in [0.1, 0.15) is 87.2 Å². The smallest absolute Gasteiger partial charge is 0.322 e. The number of aromatic amines is 1. The predicted molar refractivity (Wildman–Crippen MR) is 338 cm³/mol. The number of rotatable bonds is 27. The van der Waals surface area contributed by atoms with E-state index in [1.54, 1.807) is 31.3 Å². The molecule has 5 N–H and O–H groups in total. The lowest BCUT2D eigenvalue weighted by molar-refractivity contribution is -0.203. The maximum atomic E-state index is 15.6. The first-order valence-corrected chi connectivity index (χ1v) is 38.6. The van der Waals surface area contributed by atoms with Crippen molar-refractivity contribution in [3.63, 3.8) is 0 Å². The molecule has 0 radical (unpaired) electrons. The number of amides is 1. The zero-order valence-corrected chi connectivity index (χ0v) is 55.3. The van der Waals surface area contributed by atoms with Crippen LogP contribution in [0, 0.1) is 11.3 Å². The van der Waals surface area contributed by atoms with Gasteiger partial charge < -0.3 is 63.1 Å². The lowest BCUT2D eigenvalue weighted by Crippen LogP contribution is -2.81. The number of aromatic nitrogens is 3. The number of nitrogens with one attached hydrogen (secondary N) is 2. The van der Waals surface area contributed by atoms with Crippen molar-refractivity contribution in [1.82, 2.24) is 30.1 Å². The average molecular weight is 1240 g/mol. The Labute approximate surface area is 514 Å². The Balaban J connectivity index is 0.876. The van der Waals surface area contributed by atoms with E-state index in [4.69, 9.17) is 32.5 Å². The highest BCUT2D eigenvalue weighted by atomic mass is 32.2. The molecule has 2 aromatic carbocycles. The molecule has 10 rings (SSSR count). The van der Waals surface area contributed by atoms with E-state index in [9.17, 15) is 15.3 Å². The minimum atomic E-state index is -2.29. The van der Waals surface area contributed by atoms with Crippen LogP contribution < -0.4 is 15.0 Å². The summed E-state index contributed by atoms with van der Waals surface area (Å²) in [5.74, 6) is -0.674. The van der Waals surface area contributed by atoms with Crippen molar-refractivity contribution in [2.75, 3.05) is 117 Å². The van der Waals surface area contributed by atoms with Gasteiger partial charge in [0, 0.05) is 120 Å². The number of H-pyrrole nitrogens is 1. The quantitative estimate of drug-likeness (QED) is 0.0102. The number of carbonyl (C=O) groups is 2. The van der Waals surface area contributed by atoms with Crippen LogP contribution in [-0.2, 0) is 61.2 Å². The van der Waals surface area contributed by atoms with E-state index in [2.05, 4.69) is 86.6 Å². The molecule has 1 spiro atoms. The number of likely N-dealkylation sites (N-methyl/N-ethyl adjacent to an activating group) is 1. The van der Waals surface area contributed by atoms with Crippen LogP contribution >= 0.6 is 11.8 Å². The van der Waals surface area contributed by atoms with Gasteiger partial charge in [0.15, 0.2) is 27.4 Å². The number of methoxy groups -OCH3 is 2. The summed E-state index contributed by atoms with van der Waals surface area (Å²) in [6.07, 6.45) is 10.0. The number of benzene rings is 2. The molecule has 1 saturated carbocycles. The number of thioether (sulfide) groups is 1. The van der Waals surface area contributed by atoms with Crippen molar-refractivity contribution in [3.8, 4) is 5.75 Å². The molecule has 2 bridgehead atoms. The fourth-order valence-corrected chi connectivity index (χ4v) is 26.7. The number of piperidine rings is 1. The highest BCUT2D eigenvalue weighted by Crippen LogP contribution is 2.68. The predicted octanol–water partition coefficient (Wildman–Crippen LogP) is 6.89. The molecule has 3 fully saturated rings. The topological polar surface area (TPSA) is 223 Å². The first-order valence-electron chi connectivity index (χ1n) is 31.3. The van der Waals surface area contributed by atoms with Gasteiger partial charge in [-0.05, 0) is 120 Å². The maximum Gasteiger partial charge on any atom is 0.322 e. The summed E-state index contributed by atoms with van der Waals surface area (Å²) >= 11 is 1.60. The lowest BCUT2D eigenvalue weighted by atomic mass is 9.47. The standard InChI is InChI=1S/C64H95N7O12SSi2/c1-11-60(75)36-44-37-63(58(74)78-6,53-47(20-25-70(40-44)42-60)46-18-14-15-19-50(46)68-53)49-34-48-51(35-52(49)77-5)69(4)55-62(48)22-26-71-24-16-21-61(12-2,54(62)71)56(72)64(55,76)57(73)65-23-17-33-85(7,8)83-86(9,10)43-84-59-66-38-45(39-67-59)41-82-32-31-81-30-29-80-28-27-79-13-3/h14-16,18-19,21,34-35,38-39,44,54-56,68,72,75-76H,11-13,17,20,22-33,36-37,40-43H2,1-10H3,(H,65,73)/t44-,54+,55-,56-,60+,61-,62-,63+,64+/m1/s1. The second-order valence-corrected chi connectivity index (χ2v) is 36.4. The van der Waals surface area contributed by atoms with Gasteiger partial charge in [-0.3, -0.25) is 19.4 Å². The van der Waals surface area contributed by atoms with E-state index in [0.717, 1.165) is 50.4 Å². The molecule has 2 saturated heterocycles. The zero-order valence-electron chi connectivity index (χ0n) is 52.5. The Hall–Kier alpha value is -4.28. The van der Waals surface area contributed by atoms with Gasteiger partial charge in [0.05, 0.1) is 72.1 Å². The molecular weight excluding hydrogens is 1150 g/mol. The fraction of sp³-hybridized carbons (Fsp3) is 0.656. The van der Waals surface area contributed by atoms with Gasteiger partial charge in [0.25, 0.3) is 5.91 Å². The summed E-state index contributed by atoms with van der Waals surface area (Å²) < 4.78 is 41.7. The number of nitrogens with zero attached hydrogens (tertiary/aromatic N) is 5. The highest BCUT2D eigenvalue weighted by molar-refractivity contribution is 8.00. The first-order chi connectivity index (χ1) is 41.2. The average Bonchev–Trinajstić information content (AvgIpc) is 1.45. The van der Waals surface area contributed by atoms with Gasteiger partial charge in [-0.25, -0.2) is 9.97 Å². The van der Waals surface area contributed by atoms with Gasteiger partial charge in [-0.15, -0.1) is 0 Å². The van der Waals surface area contributed by atoms with Gasteiger partial charge in [-0.1, -0.05) is 56.0 Å². The number of anilines is 1. The highest BCUT2D eigenvalue weighted by Gasteiger charge is 2.78. The van der Waals surface area contributed by atoms with E-state index >= 15 is 9.59 Å². The van der Waals surface area contributed by atoms with Gasteiger partial charge in [0.2, 0.25) is 0 Å². The van der Waals surface area contributed by atoms with Crippen LogP contribution in [0.4, 0.5) is 5.69 Å². The number of ether oxygens (including phenoxy) is 6. The number of para-hydroxylation sites is 1. The molecule has 6 aliphatic rings. The van der Waals surface area contributed by atoms with Gasteiger partial charge in [-0.2, -0.15) is 0 Å². The SMILES string of the molecule is CCOCCOCCOCCOCc1cnc(SC[Si](C)(C)O[Si](C)(C)CCCNC(=O)[C@@]2(O)[C@H](O)[C@]3(CC)C=CCN4CC[C@@]5(c6cc([C@@]7(C(=O)OC)C[C@@H]8CN(CCc9c7[nH]c7ccccc97)C[C@](O)(CC)C8)c(OC)cc6N(C)[C@@H]25)[C@@H]43)nc1. The Kier molecular flexibility index (Phi) is 19.8. The monoisotopic (exact) mass is 1240 g/mol. The molecule has 4 aromatic rings. The van der Waals surface area contributed by atoms with Crippen LogP contribution in [0.2, 0.25) is 32.2 Å². The first kappa shape index (κ1) is 64.7. The van der Waals surface area contributed by atoms with Crippen molar-refractivity contribution in [1.29, 1.82) is 0 Å². The van der Waals surface area contributed by atoms with E-state index in [-0.39, 0.29) is 18.5 Å². The zero-order chi connectivity index (χ0) is 61.3. The molecule has 2 aromatic heterocycles. The van der Waals surface area contributed by atoms with E-state index < -0.39 is 68.1 Å². The number of fused-ring (bicyclic) bond motifs is 6. The molecule has 10 atom stereocenters. The minimum Gasteiger partial charge on any atom is -0.496 e. The lowest BCUT2D eigenvalue weighted by Gasteiger charge is -2.63. The molecule has 1 aliphatic carbocycles. The summed E-state index contributed by atoms with van der Waals surface area (Å²) in [7, 11) is 0.510. The molecule has 1 unspecified atom stereocenters. The van der Waals surface area contributed by atoms with Crippen molar-refractivity contribution in [2.24, 2.45) is 11.3 Å². The Bertz CT molecular complexity index is 3070. The van der Waals surface area contributed by atoms with Crippen LogP contribution in [0.5, 0.6) is 5.75 Å². The van der Waals surface area contributed by atoms with Crippen molar-refractivity contribution >= 4 is 56.9 Å². The van der Waals surface area contributed by atoms with Crippen LogP contribution in [-0.4, -0.2) is 210 Å². The Morgan fingerprint density at radius 3 is 2.30 bits per heavy atom. The molecule has 1 amide bonds. The number of carbonyl (C=O) groups excluding carboxylic acids is 2. The molecule has 5 aliphatic heterocycles. The number of hydrogen-bond acceptors (Lipinski definition) is 18. The van der Waals surface area contributed by atoms with Gasteiger partial charge >= 0.3 is 5.97 Å². The summed E-state index contributed by atoms with van der Waals surface area (Å²) in [5, 5.41) is 44.8. The second kappa shape index (κ2) is 26.3. The summed E-state index contributed by atoms with van der Waals surface area (Å²) in [5.41, 5.74) is -0.690. The van der Waals surface area contributed by atoms with E-state index in [0.29, 0.717) is 147 Å². The second-order valence-electron chi connectivity index (χ2n) is 26.2. The number of esters is 1. The number of aliphatic hydroxyl groups excluding tert-OH is 1. The third-order valence-electron chi connectivity index (χ3n) is 19.8. The summed E-state index contributed by atoms with van der Waals surface area (Å²) in [6, 6.07) is 11.9. The van der Waals surface area contributed by atoms with Crippen LogP contribution in [0.3, 0.4) is 0 Å². The van der Waals surface area contributed by atoms with Crippen molar-refractivity contribution < 1.29 is 57.4 Å². The minimum absolute atomic E-state index is 0.108. The largest absolute Gasteiger partial charge is 0.496 e. The third kappa shape index (κ3) is 12.0.